The summed E-state index contributed by atoms with van der Waals surface area (Å²) < 4.78 is 6.26. The fourth-order valence-corrected chi connectivity index (χ4v) is 6.59. The van der Waals surface area contributed by atoms with Crippen LogP contribution in [0.3, 0.4) is 0 Å². The molecule has 0 radical (unpaired) electrons. The number of aromatic nitrogens is 1. The topological polar surface area (TPSA) is 29.3 Å². The number of hydrogen-bond acceptors (Lipinski definition) is 3. The van der Waals surface area contributed by atoms with Crippen LogP contribution in [0.25, 0.3) is 65.5 Å². The Bertz CT molecular complexity index is 2490. The average molecular weight is 563 g/mol. The molecule has 0 spiro atoms. The van der Waals surface area contributed by atoms with Crippen LogP contribution < -0.4 is 4.90 Å². The van der Waals surface area contributed by atoms with E-state index in [2.05, 4.69) is 138 Å². The molecule has 3 heteroatoms. The Morgan fingerprint density at radius 3 is 1.95 bits per heavy atom. The molecule has 0 bridgehead atoms. The molecule has 7 aromatic carbocycles. The highest BCUT2D eigenvalue weighted by molar-refractivity contribution is 6.23. The maximum Gasteiger partial charge on any atom is 0.229 e. The van der Waals surface area contributed by atoms with Crippen LogP contribution in [0.5, 0.6) is 0 Å². The van der Waals surface area contributed by atoms with Crippen molar-refractivity contribution in [3.8, 4) is 11.1 Å². The van der Waals surface area contributed by atoms with Gasteiger partial charge in [-0.25, -0.2) is 0 Å². The Hall–Kier alpha value is -5.93. The van der Waals surface area contributed by atoms with E-state index in [0.29, 0.717) is 5.71 Å². The van der Waals surface area contributed by atoms with Crippen LogP contribution in [0.15, 0.2) is 162 Å². The number of nitrogens with zero attached hydrogens (tertiary/aromatic N) is 2. The fraction of sp³-hybridized carbons (Fsp3) is 0. The molecular weight excluding hydrogens is 536 g/mol. The zero-order valence-electron chi connectivity index (χ0n) is 23.8. The first-order valence-corrected chi connectivity index (χ1v) is 14.9. The molecule has 0 saturated heterocycles. The van der Waals surface area contributed by atoms with Gasteiger partial charge < -0.3 is 4.42 Å². The number of rotatable bonds is 4. The Labute approximate surface area is 254 Å². The van der Waals surface area contributed by atoms with Crippen molar-refractivity contribution in [1.29, 1.82) is 0 Å². The first-order chi connectivity index (χ1) is 21.8. The van der Waals surface area contributed by atoms with Gasteiger partial charge in [-0.2, -0.15) is 4.98 Å². The second-order valence-corrected chi connectivity index (χ2v) is 11.2. The van der Waals surface area contributed by atoms with Gasteiger partial charge in [-0.3, -0.25) is 4.90 Å². The number of pyridine rings is 1. The molecule has 0 amide bonds. The number of benzene rings is 7. The van der Waals surface area contributed by atoms with Crippen molar-refractivity contribution < 1.29 is 4.42 Å². The second-order valence-electron chi connectivity index (χ2n) is 11.2. The first-order valence-electron chi connectivity index (χ1n) is 14.9. The zero-order chi connectivity index (χ0) is 29.0. The van der Waals surface area contributed by atoms with E-state index in [-0.39, 0.29) is 0 Å². The molecule has 0 aliphatic heterocycles. The van der Waals surface area contributed by atoms with Crippen molar-refractivity contribution in [1.82, 2.24) is 4.98 Å². The largest absolute Gasteiger partial charge is 0.438 e. The van der Waals surface area contributed by atoms with Crippen LogP contribution >= 0.6 is 0 Å². The molecular formula is C41H26N2O. The summed E-state index contributed by atoms with van der Waals surface area (Å²) in [7, 11) is 0. The third kappa shape index (κ3) is 3.87. The lowest BCUT2D eigenvalue weighted by atomic mass is 9.94. The van der Waals surface area contributed by atoms with Gasteiger partial charge in [0.25, 0.3) is 0 Å². The van der Waals surface area contributed by atoms with Gasteiger partial charge in [-0.1, -0.05) is 121 Å². The van der Waals surface area contributed by atoms with E-state index in [0.717, 1.165) is 38.9 Å². The molecule has 2 aromatic heterocycles. The molecule has 9 rings (SSSR count). The van der Waals surface area contributed by atoms with E-state index >= 15 is 0 Å². The minimum absolute atomic E-state index is 0.630. The normalized spacial score (nSPS) is 11.6. The number of para-hydroxylation sites is 1. The van der Waals surface area contributed by atoms with Gasteiger partial charge in [0.2, 0.25) is 5.71 Å². The highest BCUT2D eigenvalue weighted by Crippen LogP contribution is 2.44. The lowest BCUT2D eigenvalue weighted by Crippen LogP contribution is -2.12. The van der Waals surface area contributed by atoms with E-state index < -0.39 is 0 Å². The predicted molar refractivity (Wildman–Crippen MR) is 184 cm³/mol. The summed E-state index contributed by atoms with van der Waals surface area (Å²) >= 11 is 0. The molecule has 44 heavy (non-hydrogen) atoms. The van der Waals surface area contributed by atoms with E-state index in [4.69, 9.17) is 9.40 Å². The van der Waals surface area contributed by atoms with Crippen molar-refractivity contribution in [2.45, 2.75) is 0 Å². The molecule has 0 atom stereocenters. The Balaban J connectivity index is 1.32. The maximum absolute atomic E-state index is 6.26. The van der Waals surface area contributed by atoms with Crippen molar-refractivity contribution in [2.75, 3.05) is 4.90 Å². The first kappa shape index (κ1) is 24.6. The van der Waals surface area contributed by atoms with Gasteiger partial charge in [-0.05, 0) is 74.5 Å². The van der Waals surface area contributed by atoms with Crippen molar-refractivity contribution in [3.05, 3.63) is 158 Å². The van der Waals surface area contributed by atoms with Crippen molar-refractivity contribution >= 4 is 71.6 Å². The van der Waals surface area contributed by atoms with E-state index in [1.54, 1.807) is 0 Å². The van der Waals surface area contributed by atoms with Crippen molar-refractivity contribution in [3.63, 3.8) is 0 Å². The van der Waals surface area contributed by atoms with Crippen LogP contribution in [0, 0.1) is 0 Å². The maximum atomic E-state index is 6.26. The Morgan fingerprint density at radius 2 is 1.11 bits per heavy atom. The van der Waals surface area contributed by atoms with Crippen LogP contribution in [0.4, 0.5) is 17.2 Å². The average Bonchev–Trinajstić information content (AvgIpc) is 3.47. The Morgan fingerprint density at radius 1 is 0.455 bits per heavy atom. The lowest BCUT2D eigenvalue weighted by Gasteiger charge is -2.27. The lowest BCUT2D eigenvalue weighted by molar-refractivity contribution is 0.654. The monoisotopic (exact) mass is 562 g/mol. The summed E-state index contributed by atoms with van der Waals surface area (Å²) in [6.45, 7) is 0. The van der Waals surface area contributed by atoms with Crippen LogP contribution in [0.2, 0.25) is 0 Å². The smallest absolute Gasteiger partial charge is 0.229 e. The van der Waals surface area contributed by atoms with E-state index in [1.807, 2.05) is 24.3 Å². The Kier molecular flexibility index (Phi) is 5.50. The third-order valence-electron chi connectivity index (χ3n) is 8.66. The minimum atomic E-state index is 0.630. The SMILES string of the molecule is c1ccc(-c2ccc(N(c3ccc4c(n3)oc3ccccc34)c3cc4ccc5ccccc5c4c4ccccc34)cc2)cc1. The summed E-state index contributed by atoms with van der Waals surface area (Å²) in [4.78, 5) is 7.40. The molecule has 9 aromatic rings. The molecule has 0 aliphatic rings. The van der Waals surface area contributed by atoms with Crippen LogP contribution in [-0.2, 0) is 0 Å². The number of hydrogen-bond donors (Lipinski definition) is 0. The fourth-order valence-electron chi connectivity index (χ4n) is 6.59. The minimum Gasteiger partial charge on any atom is -0.438 e. The molecule has 206 valence electrons. The quantitative estimate of drug-likeness (QED) is 0.200. The van der Waals surface area contributed by atoms with Crippen LogP contribution in [0.1, 0.15) is 0 Å². The summed E-state index contributed by atoms with van der Waals surface area (Å²) in [5, 5.41) is 9.41. The molecule has 0 unspecified atom stereocenters. The number of fused-ring (bicyclic) bond motifs is 8. The molecule has 2 heterocycles. The molecule has 0 aliphatic carbocycles. The third-order valence-corrected chi connectivity index (χ3v) is 8.66. The highest BCUT2D eigenvalue weighted by atomic mass is 16.3. The zero-order valence-corrected chi connectivity index (χ0v) is 23.8. The molecule has 3 nitrogen and oxygen atoms in total. The number of furan rings is 1. The summed E-state index contributed by atoms with van der Waals surface area (Å²) in [6.07, 6.45) is 0. The van der Waals surface area contributed by atoms with Gasteiger partial charge >= 0.3 is 0 Å². The van der Waals surface area contributed by atoms with E-state index in [1.165, 1.54) is 38.1 Å². The van der Waals surface area contributed by atoms with Gasteiger partial charge in [0.05, 0.1) is 5.69 Å². The van der Waals surface area contributed by atoms with Crippen molar-refractivity contribution in [2.24, 2.45) is 0 Å². The van der Waals surface area contributed by atoms with Gasteiger partial charge in [-0.15, -0.1) is 0 Å². The summed E-state index contributed by atoms with van der Waals surface area (Å²) in [5.41, 5.74) is 5.93. The van der Waals surface area contributed by atoms with Crippen LogP contribution in [-0.4, -0.2) is 4.98 Å². The summed E-state index contributed by atoms with van der Waals surface area (Å²) in [6, 6.07) is 55.7. The molecule has 0 saturated carbocycles. The van der Waals surface area contributed by atoms with Gasteiger partial charge in [0, 0.05) is 21.8 Å². The second kappa shape index (κ2) is 9.82. The predicted octanol–water partition coefficient (Wildman–Crippen LogP) is 11.6. The van der Waals surface area contributed by atoms with Gasteiger partial charge in [0.15, 0.2) is 0 Å². The molecule has 0 N–H and O–H groups in total. The van der Waals surface area contributed by atoms with E-state index in [9.17, 15) is 0 Å². The molecule has 0 fully saturated rings. The number of anilines is 3. The highest BCUT2D eigenvalue weighted by Gasteiger charge is 2.20. The van der Waals surface area contributed by atoms with Gasteiger partial charge in [0.1, 0.15) is 11.4 Å². The summed E-state index contributed by atoms with van der Waals surface area (Å²) in [5.74, 6) is 0.800. The standard InChI is InChI=1S/C41H26N2O/c1-2-10-27(11-3-1)28-20-22-31(23-21-28)43(39-25-24-36-34-15-8-9-17-38(34)44-41(36)42-39)37-26-30-19-18-29-12-4-5-13-32(29)40(30)35-16-7-6-14-33(35)37/h1-26H.